The van der Waals surface area contributed by atoms with Crippen LogP contribution in [-0.4, -0.2) is 33.1 Å². The highest BCUT2D eigenvalue weighted by Crippen LogP contribution is 2.28. The van der Waals surface area contributed by atoms with Gasteiger partial charge >= 0.3 is 0 Å². The summed E-state index contributed by atoms with van der Waals surface area (Å²) in [5.41, 5.74) is 0.766. The predicted molar refractivity (Wildman–Crippen MR) is 96.1 cm³/mol. The molecule has 0 bridgehead atoms. The smallest absolute Gasteiger partial charge is 0.0878 e. The molecule has 0 fully saturated rings. The second-order valence-electron chi connectivity index (χ2n) is 7.43. The summed E-state index contributed by atoms with van der Waals surface area (Å²) >= 11 is 0. The third-order valence-corrected chi connectivity index (χ3v) is 5.04. The highest BCUT2D eigenvalue weighted by Gasteiger charge is 2.31. The summed E-state index contributed by atoms with van der Waals surface area (Å²) in [6.07, 6.45) is 9.36. The zero-order valence-electron chi connectivity index (χ0n) is 15.3. The van der Waals surface area contributed by atoms with E-state index in [1.165, 1.54) is 0 Å². The summed E-state index contributed by atoms with van der Waals surface area (Å²) in [7, 11) is 0. The van der Waals surface area contributed by atoms with E-state index in [1.807, 2.05) is 39.8 Å². The van der Waals surface area contributed by atoms with Gasteiger partial charge in [0.1, 0.15) is 0 Å². The van der Waals surface area contributed by atoms with E-state index in [0.717, 1.165) is 24.0 Å². The third-order valence-electron chi connectivity index (χ3n) is 5.04. The van der Waals surface area contributed by atoms with Crippen molar-refractivity contribution < 1.29 is 15.3 Å². The first-order chi connectivity index (χ1) is 10.7. The van der Waals surface area contributed by atoms with Crippen LogP contribution in [0, 0.1) is 11.8 Å². The average Bonchev–Trinajstić information content (AvgIpc) is 2.48. The van der Waals surface area contributed by atoms with Gasteiger partial charge in [-0.3, -0.25) is 0 Å². The lowest BCUT2D eigenvalue weighted by molar-refractivity contribution is 0.00149. The molecule has 1 aliphatic rings. The molecular formula is C20H34O3. The van der Waals surface area contributed by atoms with Crippen molar-refractivity contribution in [3.05, 3.63) is 35.5 Å². The molecular weight excluding hydrogens is 288 g/mol. The highest BCUT2D eigenvalue weighted by atomic mass is 16.3. The zero-order chi connectivity index (χ0) is 17.6. The van der Waals surface area contributed by atoms with Crippen LogP contribution >= 0.6 is 0 Å². The average molecular weight is 322 g/mol. The highest BCUT2D eigenvalue weighted by molar-refractivity contribution is 5.15. The fourth-order valence-electron chi connectivity index (χ4n) is 2.72. The van der Waals surface area contributed by atoms with Gasteiger partial charge in [0.2, 0.25) is 0 Å². The second-order valence-corrected chi connectivity index (χ2v) is 7.43. The molecule has 0 amide bonds. The Bertz CT molecular complexity index is 462. The van der Waals surface area contributed by atoms with E-state index in [2.05, 4.69) is 19.1 Å². The van der Waals surface area contributed by atoms with Crippen LogP contribution in [0.1, 0.15) is 60.3 Å². The Morgan fingerprint density at radius 2 is 1.70 bits per heavy atom. The Morgan fingerprint density at radius 1 is 1.09 bits per heavy atom. The topological polar surface area (TPSA) is 60.7 Å². The number of hydrogen-bond acceptors (Lipinski definition) is 3. The Kier molecular flexibility index (Phi) is 7.72. The molecule has 0 radical (unpaired) electrons. The van der Waals surface area contributed by atoms with Gasteiger partial charge in [0.25, 0.3) is 0 Å². The first-order valence-corrected chi connectivity index (χ1v) is 8.77. The van der Waals surface area contributed by atoms with Crippen molar-refractivity contribution in [2.45, 2.75) is 78.1 Å². The van der Waals surface area contributed by atoms with E-state index >= 15 is 0 Å². The van der Waals surface area contributed by atoms with Gasteiger partial charge in [0.05, 0.1) is 17.8 Å². The van der Waals surface area contributed by atoms with Gasteiger partial charge in [-0.25, -0.2) is 0 Å². The number of allylic oxidation sites excluding steroid dienone is 2. The second kappa shape index (κ2) is 8.81. The standard InChI is InChI=1S/C20H34O3/c1-14(2)20(23)12-11-15(3)7-6-8-16(4)18(21)10-9-17(5)19(22)13-20/h8-9,11-12,14-15,18-19,21-23H,6-7,10,13H2,1-5H3/b12-11+,16-8+,17-9+/t15-,18+,19+,20+/m0/s1. The van der Waals surface area contributed by atoms with Crippen molar-refractivity contribution >= 4 is 0 Å². The molecule has 0 heterocycles. The zero-order valence-corrected chi connectivity index (χ0v) is 15.3. The summed E-state index contributed by atoms with van der Waals surface area (Å²) in [6, 6.07) is 0. The maximum atomic E-state index is 10.9. The maximum Gasteiger partial charge on any atom is 0.0878 e. The molecule has 0 unspecified atom stereocenters. The Hall–Kier alpha value is -0.900. The van der Waals surface area contributed by atoms with E-state index < -0.39 is 17.8 Å². The lowest BCUT2D eigenvalue weighted by Crippen LogP contribution is -2.37. The van der Waals surface area contributed by atoms with Crippen molar-refractivity contribution in [3.8, 4) is 0 Å². The van der Waals surface area contributed by atoms with Crippen LogP contribution in [0.3, 0.4) is 0 Å². The van der Waals surface area contributed by atoms with Gasteiger partial charge in [-0.1, -0.05) is 45.1 Å². The first kappa shape index (κ1) is 20.1. The molecule has 0 aromatic rings. The van der Waals surface area contributed by atoms with Crippen molar-refractivity contribution in [1.29, 1.82) is 0 Å². The van der Waals surface area contributed by atoms with E-state index in [-0.39, 0.29) is 12.3 Å². The number of hydrogen-bond donors (Lipinski definition) is 3. The van der Waals surface area contributed by atoms with Gasteiger partial charge in [0, 0.05) is 6.42 Å². The molecule has 3 heteroatoms. The lowest BCUT2D eigenvalue weighted by Gasteiger charge is -2.32. The van der Waals surface area contributed by atoms with E-state index in [9.17, 15) is 15.3 Å². The summed E-state index contributed by atoms with van der Waals surface area (Å²) in [5.74, 6) is 0.368. The van der Waals surface area contributed by atoms with Crippen molar-refractivity contribution in [2.24, 2.45) is 11.8 Å². The summed E-state index contributed by atoms with van der Waals surface area (Å²) in [5, 5.41) is 31.5. The molecule has 0 aromatic heterocycles. The summed E-state index contributed by atoms with van der Waals surface area (Å²) in [4.78, 5) is 0. The van der Waals surface area contributed by atoms with Gasteiger partial charge < -0.3 is 15.3 Å². The minimum absolute atomic E-state index is 0.0223. The molecule has 3 N–H and O–H groups in total. The third kappa shape index (κ3) is 6.25. The van der Waals surface area contributed by atoms with Gasteiger partial charge in [-0.05, 0) is 56.1 Å². The summed E-state index contributed by atoms with van der Waals surface area (Å²) < 4.78 is 0. The molecule has 0 aliphatic heterocycles. The number of rotatable bonds is 1. The molecule has 23 heavy (non-hydrogen) atoms. The molecule has 0 spiro atoms. The normalized spacial score (nSPS) is 40.7. The molecule has 0 saturated carbocycles. The van der Waals surface area contributed by atoms with E-state index in [0.29, 0.717) is 12.3 Å². The maximum absolute atomic E-state index is 10.9. The monoisotopic (exact) mass is 322 g/mol. The van der Waals surface area contributed by atoms with Crippen LogP contribution in [0.5, 0.6) is 0 Å². The van der Waals surface area contributed by atoms with Gasteiger partial charge in [0.15, 0.2) is 0 Å². The fourth-order valence-corrected chi connectivity index (χ4v) is 2.72. The Labute approximate surface area is 141 Å². The van der Waals surface area contributed by atoms with E-state index in [4.69, 9.17) is 0 Å². The van der Waals surface area contributed by atoms with Crippen LogP contribution in [0.2, 0.25) is 0 Å². The first-order valence-electron chi connectivity index (χ1n) is 8.77. The van der Waals surface area contributed by atoms with Crippen LogP contribution in [0.25, 0.3) is 0 Å². The van der Waals surface area contributed by atoms with Crippen molar-refractivity contribution in [1.82, 2.24) is 0 Å². The van der Waals surface area contributed by atoms with Crippen LogP contribution in [0.15, 0.2) is 35.5 Å². The van der Waals surface area contributed by atoms with Gasteiger partial charge in [-0.2, -0.15) is 0 Å². The molecule has 0 saturated heterocycles. The molecule has 1 aliphatic carbocycles. The molecule has 3 nitrogen and oxygen atoms in total. The SMILES string of the molecule is C/C1=C\CC[C@H](C)/C=C/[C@](O)(C(C)C)C[C@@H](O)/C(C)=C/C[C@H]1O. The Balaban J connectivity index is 3.08. The Morgan fingerprint density at radius 3 is 2.30 bits per heavy atom. The largest absolute Gasteiger partial charge is 0.389 e. The lowest BCUT2D eigenvalue weighted by atomic mass is 9.82. The van der Waals surface area contributed by atoms with Crippen molar-refractivity contribution in [3.63, 3.8) is 0 Å². The predicted octanol–water partition coefficient (Wildman–Crippen LogP) is 3.75. The van der Waals surface area contributed by atoms with Gasteiger partial charge in [-0.15, -0.1) is 0 Å². The number of aliphatic hydroxyl groups excluding tert-OH is 2. The fraction of sp³-hybridized carbons (Fsp3) is 0.700. The van der Waals surface area contributed by atoms with Crippen LogP contribution in [-0.2, 0) is 0 Å². The quantitative estimate of drug-likeness (QED) is 0.644. The molecule has 0 aromatic carbocycles. The van der Waals surface area contributed by atoms with Crippen LogP contribution < -0.4 is 0 Å². The van der Waals surface area contributed by atoms with Crippen LogP contribution in [0.4, 0.5) is 0 Å². The summed E-state index contributed by atoms with van der Waals surface area (Å²) in [6.45, 7) is 9.88. The van der Waals surface area contributed by atoms with Crippen molar-refractivity contribution in [2.75, 3.05) is 0 Å². The molecule has 4 atom stereocenters. The minimum atomic E-state index is -1.02. The number of aliphatic hydroxyl groups is 3. The molecule has 1 rings (SSSR count). The minimum Gasteiger partial charge on any atom is -0.389 e. The molecule has 132 valence electrons. The van der Waals surface area contributed by atoms with E-state index in [1.54, 1.807) is 0 Å².